The van der Waals surface area contributed by atoms with Crippen LogP contribution in [0, 0.1) is 23.0 Å². The number of aryl methyl sites for hydroxylation is 1. The highest BCUT2D eigenvalue weighted by Gasteiger charge is 2.34. The molecule has 1 fully saturated rings. The number of para-hydroxylation sites is 1. The quantitative estimate of drug-likeness (QED) is 0.663. The molecule has 1 saturated carbocycles. The number of hydrogen-bond acceptors (Lipinski definition) is 4. The van der Waals surface area contributed by atoms with E-state index >= 15 is 0 Å². The van der Waals surface area contributed by atoms with E-state index in [4.69, 9.17) is 5.73 Å². The van der Waals surface area contributed by atoms with E-state index in [2.05, 4.69) is 11.8 Å². The van der Waals surface area contributed by atoms with Gasteiger partial charge in [-0.1, -0.05) is 18.6 Å². The first kappa shape index (κ1) is 14.8. The summed E-state index contributed by atoms with van der Waals surface area (Å²) in [5, 5.41) is 11.3. The van der Waals surface area contributed by atoms with Gasteiger partial charge in [0.05, 0.1) is 4.92 Å². The minimum Gasteiger partial charge on any atom is -0.363 e. The number of nitro groups is 1. The molecule has 0 aliphatic heterocycles. The van der Waals surface area contributed by atoms with Crippen molar-refractivity contribution in [2.24, 2.45) is 11.7 Å². The van der Waals surface area contributed by atoms with E-state index < -0.39 is 0 Å². The molecular weight excluding hydrogens is 254 g/mol. The van der Waals surface area contributed by atoms with Crippen LogP contribution in [0.3, 0.4) is 0 Å². The first-order valence-corrected chi connectivity index (χ1v) is 7.30. The van der Waals surface area contributed by atoms with Crippen LogP contribution in [-0.4, -0.2) is 24.1 Å². The molecular formula is C15H23N3O2. The van der Waals surface area contributed by atoms with Crippen LogP contribution in [0.2, 0.25) is 0 Å². The maximum absolute atomic E-state index is 11.3. The minimum absolute atomic E-state index is 0.203. The number of anilines is 1. The Labute approximate surface area is 119 Å². The molecule has 0 radical (unpaired) electrons. The van der Waals surface area contributed by atoms with Crippen LogP contribution in [0.5, 0.6) is 0 Å². The van der Waals surface area contributed by atoms with E-state index in [-0.39, 0.29) is 10.6 Å². The topological polar surface area (TPSA) is 72.4 Å². The van der Waals surface area contributed by atoms with Crippen molar-refractivity contribution in [2.75, 3.05) is 18.0 Å². The second-order valence-corrected chi connectivity index (χ2v) is 5.48. The third-order valence-corrected chi connectivity index (χ3v) is 4.36. The van der Waals surface area contributed by atoms with Crippen molar-refractivity contribution in [3.05, 3.63) is 33.9 Å². The van der Waals surface area contributed by atoms with Crippen molar-refractivity contribution in [3.8, 4) is 0 Å². The van der Waals surface area contributed by atoms with Crippen LogP contribution in [0.4, 0.5) is 11.4 Å². The fraction of sp³-hybridized carbons (Fsp3) is 0.600. The highest BCUT2D eigenvalue weighted by molar-refractivity contribution is 5.68. The lowest BCUT2D eigenvalue weighted by Crippen LogP contribution is -2.41. The molecule has 2 atom stereocenters. The van der Waals surface area contributed by atoms with Gasteiger partial charge in [0.15, 0.2) is 0 Å². The lowest BCUT2D eigenvalue weighted by molar-refractivity contribution is -0.384. The second-order valence-electron chi connectivity index (χ2n) is 5.48. The first-order chi connectivity index (χ1) is 9.60. The standard InChI is InChI=1S/C15H23N3O2/c1-3-17(13-8-5-7-12(13)10-16)15-11(2)6-4-9-14(15)18(19)20/h4,6,9,12-13H,3,5,7-8,10,16H2,1-2H3. The predicted octanol–water partition coefficient (Wildman–Crippen LogP) is 2.86. The zero-order valence-corrected chi connectivity index (χ0v) is 12.2. The fourth-order valence-electron chi connectivity index (χ4n) is 3.43. The van der Waals surface area contributed by atoms with Gasteiger partial charge >= 0.3 is 0 Å². The molecule has 0 bridgehead atoms. The van der Waals surface area contributed by atoms with Gasteiger partial charge in [0.1, 0.15) is 5.69 Å². The molecule has 0 heterocycles. The molecule has 2 rings (SSSR count). The number of benzene rings is 1. The molecule has 1 aromatic carbocycles. The Balaban J connectivity index is 2.44. The molecule has 0 saturated heterocycles. The summed E-state index contributed by atoms with van der Waals surface area (Å²) in [4.78, 5) is 13.2. The number of nitrogens with zero attached hydrogens (tertiary/aromatic N) is 2. The Morgan fingerprint density at radius 1 is 1.45 bits per heavy atom. The average molecular weight is 277 g/mol. The van der Waals surface area contributed by atoms with Crippen molar-refractivity contribution >= 4 is 11.4 Å². The molecule has 5 nitrogen and oxygen atoms in total. The van der Waals surface area contributed by atoms with Gasteiger partial charge in [-0.3, -0.25) is 10.1 Å². The van der Waals surface area contributed by atoms with Crippen LogP contribution in [0.25, 0.3) is 0 Å². The SMILES string of the molecule is CCN(c1c(C)cccc1[N+](=O)[O-])C1CCCC1CN. The summed E-state index contributed by atoms with van der Waals surface area (Å²) in [6, 6.07) is 5.61. The number of nitro benzene ring substituents is 1. The van der Waals surface area contributed by atoms with Crippen LogP contribution < -0.4 is 10.6 Å². The second kappa shape index (κ2) is 6.22. The molecule has 110 valence electrons. The summed E-state index contributed by atoms with van der Waals surface area (Å²) in [6.45, 7) is 5.42. The van der Waals surface area contributed by atoms with Gasteiger partial charge in [-0.2, -0.15) is 0 Å². The van der Waals surface area contributed by atoms with Crippen molar-refractivity contribution in [1.82, 2.24) is 0 Å². The molecule has 5 heteroatoms. The zero-order valence-electron chi connectivity index (χ0n) is 12.2. The van der Waals surface area contributed by atoms with E-state index in [0.29, 0.717) is 18.5 Å². The third-order valence-electron chi connectivity index (χ3n) is 4.36. The molecule has 1 aromatic rings. The van der Waals surface area contributed by atoms with Crippen molar-refractivity contribution in [3.63, 3.8) is 0 Å². The highest BCUT2D eigenvalue weighted by atomic mass is 16.6. The predicted molar refractivity (Wildman–Crippen MR) is 81.0 cm³/mol. The van der Waals surface area contributed by atoms with Gasteiger partial charge in [0.2, 0.25) is 0 Å². The Hall–Kier alpha value is -1.62. The van der Waals surface area contributed by atoms with Gasteiger partial charge in [0, 0.05) is 18.7 Å². The van der Waals surface area contributed by atoms with Crippen LogP contribution in [0.15, 0.2) is 18.2 Å². The van der Waals surface area contributed by atoms with E-state index in [0.717, 1.165) is 37.1 Å². The fourth-order valence-corrected chi connectivity index (χ4v) is 3.43. The van der Waals surface area contributed by atoms with Gasteiger partial charge in [-0.15, -0.1) is 0 Å². The summed E-state index contributed by atoms with van der Waals surface area (Å²) >= 11 is 0. The lowest BCUT2D eigenvalue weighted by atomic mass is 10.00. The Morgan fingerprint density at radius 3 is 2.80 bits per heavy atom. The van der Waals surface area contributed by atoms with E-state index in [9.17, 15) is 10.1 Å². The van der Waals surface area contributed by atoms with Crippen LogP contribution in [-0.2, 0) is 0 Å². The summed E-state index contributed by atoms with van der Waals surface area (Å²) in [5.41, 5.74) is 7.80. The molecule has 0 amide bonds. The molecule has 0 spiro atoms. The van der Waals surface area contributed by atoms with E-state index in [1.54, 1.807) is 12.1 Å². The molecule has 0 aromatic heterocycles. The largest absolute Gasteiger partial charge is 0.363 e. The molecule has 2 unspecified atom stereocenters. The average Bonchev–Trinajstić information content (AvgIpc) is 2.89. The number of nitrogens with two attached hydrogens (primary N) is 1. The van der Waals surface area contributed by atoms with Gasteiger partial charge < -0.3 is 10.6 Å². The Kier molecular flexibility index (Phi) is 4.60. The zero-order chi connectivity index (χ0) is 14.7. The summed E-state index contributed by atoms with van der Waals surface area (Å²) < 4.78 is 0. The Morgan fingerprint density at radius 2 is 2.20 bits per heavy atom. The van der Waals surface area contributed by atoms with E-state index in [1.165, 1.54) is 0 Å². The van der Waals surface area contributed by atoms with Gasteiger partial charge in [-0.05, 0) is 44.7 Å². The lowest BCUT2D eigenvalue weighted by Gasteiger charge is -2.34. The maximum atomic E-state index is 11.3. The maximum Gasteiger partial charge on any atom is 0.292 e. The normalized spacial score (nSPS) is 21.9. The van der Waals surface area contributed by atoms with E-state index in [1.807, 2.05) is 13.0 Å². The summed E-state index contributed by atoms with van der Waals surface area (Å²) in [7, 11) is 0. The molecule has 20 heavy (non-hydrogen) atoms. The van der Waals surface area contributed by atoms with Crippen molar-refractivity contribution < 1.29 is 4.92 Å². The van der Waals surface area contributed by atoms with Gasteiger partial charge in [-0.25, -0.2) is 0 Å². The third kappa shape index (κ3) is 2.63. The first-order valence-electron chi connectivity index (χ1n) is 7.30. The van der Waals surface area contributed by atoms with Crippen molar-refractivity contribution in [1.29, 1.82) is 0 Å². The highest BCUT2D eigenvalue weighted by Crippen LogP contribution is 2.38. The summed E-state index contributed by atoms with van der Waals surface area (Å²) in [6.07, 6.45) is 3.35. The minimum atomic E-state index is -0.280. The van der Waals surface area contributed by atoms with Crippen molar-refractivity contribution in [2.45, 2.75) is 39.2 Å². The molecule has 1 aliphatic carbocycles. The van der Waals surface area contributed by atoms with Crippen LogP contribution >= 0.6 is 0 Å². The van der Waals surface area contributed by atoms with Crippen LogP contribution in [0.1, 0.15) is 31.7 Å². The molecule has 1 aliphatic rings. The Bertz CT molecular complexity index is 490. The van der Waals surface area contributed by atoms with Gasteiger partial charge in [0.25, 0.3) is 5.69 Å². The smallest absolute Gasteiger partial charge is 0.292 e. The molecule has 2 N–H and O–H groups in total. The number of hydrogen-bond donors (Lipinski definition) is 1. The summed E-state index contributed by atoms with van der Waals surface area (Å²) in [5.74, 6) is 0.439. The monoisotopic (exact) mass is 277 g/mol. The number of rotatable bonds is 5.